The quantitative estimate of drug-likeness (QED) is 0.392. The molecule has 0 aliphatic rings. The largest absolute Gasteiger partial charge is 0.451 e. The number of nitrogens with two attached hydrogens (primary N) is 1. The fourth-order valence-electron chi connectivity index (χ4n) is 1.41. The van der Waals surface area contributed by atoms with E-state index < -0.39 is 0 Å². The Kier molecular flexibility index (Phi) is 2.13. The summed E-state index contributed by atoms with van der Waals surface area (Å²) < 4.78 is 5.27. The third kappa shape index (κ3) is 1.54. The number of nitrogens with one attached hydrogen (secondary N) is 2. The van der Waals surface area contributed by atoms with E-state index in [0.29, 0.717) is 17.6 Å². The Hall–Kier alpha value is -2.30. The highest BCUT2D eigenvalue weighted by Crippen LogP contribution is 2.29. The zero-order valence-corrected chi connectivity index (χ0v) is 7.78. The van der Waals surface area contributed by atoms with Crippen molar-refractivity contribution in [2.24, 2.45) is 5.73 Å². The molecule has 0 unspecified atom stereocenters. The van der Waals surface area contributed by atoms with Crippen molar-refractivity contribution in [1.82, 2.24) is 0 Å². The fraction of sp³-hybridized carbons (Fsp3) is 0. The van der Waals surface area contributed by atoms with Crippen LogP contribution in [0.3, 0.4) is 0 Å². The molecule has 2 aromatic rings. The minimum Gasteiger partial charge on any atom is -0.451 e. The summed E-state index contributed by atoms with van der Waals surface area (Å²) in [5, 5.41) is 10.4. The molecule has 5 heteroatoms. The molecule has 0 bridgehead atoms. The van der Waals surface area contributed by atoms with Gasteiger partial charge in [0.05, 0.1) is 5.69 Å². The Morgan fingerprint density at radius 1 is 1.47 bits per heavy atom. The van der Waals surface area contributed by atoms with Gasteiger partial charge in [0.15, 0.2) is 18.0 Å². The van der Waals surface area contributed by atoms with Crippen LogP contribution in [-0.2, 0) is 0 Å². The second-order valence-electron chi connectivity index (χ2n) is 2.99. The third-order valence-electron chi connectivity index (χ3n) is 1.99. The molecule has 0 atom stereocenters. The second-order valence-corrected chi connectivity index (χ2v) is 2.99. The Bertz CT molecular complexity index is 530. The standard InChI is InChI=1S/C10H9N3O2/c11-10(12)13-9-6-3-1-2-4-7(6)15-8(9)5-14/h1-5H,(H4,11,12,13). The number of carbonyl (C=O) groups is 1. The molecular formula is C10H9N3O2. The van der Waals surface area contributed by atoms with Crippen LogP contribution in [0.5, 0.6) is 0 Å². The van der Waals surface area contributed by atoms with Gasteiger partial charge in [0.25, 0.3) is 0 Å². The molecule has 0 aliphatic heterocycles. The van der Waals surface area contributed by atoms with Crippen LogP contribution in [0.4, 0.5) is 5.69 Å². The Morgan fingerprint density at radius 2 is 2.20 bits per heavy atom. The zero-order chi connectivity index (χ0) is 10.8. The molecule has 0 amide bonds. The maximum absolute atomic E-state index is 10.7. The van der Waals surface area contributed by atoms with Gasteiger partial charge in [-0.3, -0.25) is 10.2 Å². The zero-order valence-electron chi connectivity index (χ0n) is 7.78. The van der Waals surface area contributed by atoms with Crippen LogP contribution in [0.2, 0.25) is 0 Å². The minimum atomic E-state index is -0.232. The number of guanidine groups is 1. The highest BCUT2D eigenvalue weighted by Gasteiger charge is 2.13. The number of para-hydroxylation sites is 1. The molecule has 4 N–H and O–H groups in total. The summed E-state index contributed by atoms with van der Waals surface area (Å²) in [6.07, 6.45) is 0.589. The van der Waals surface area contributed by atoms with Crippen molar-refractivity contribution in [3.05, 3.63) is 30.0 Å². The van der Waals surface area contributed by atoms with Crippen LogP contribution in [0.1, 0.15) is 10.6 Å². The van der Waals surface area contributed by atoms with Gasteiger partial charge in [-0.05, 0) is 12.1 Å². The van der Waals surface area contributed by atoms with Crippen molar-refractivity contribution in [3.63, 3.8) is 0 Å². The maximum atomic E-state index is 10.7. The summed E-state index contributed by atoms with van der Waals surface area (Å²) in [7, 11) is 0. The first kappa shape index (κ1) is 9.26. The summed E-state index contributed by atoms with van der Waals surface area (Å²) in [6.45, 7) is 0. The lowest BCUT2D eigenvalue weighted by atomic mass is 10.2. The molecule has 15 heavy (non-hydrogen) atoms. The van der Waals surface area contributed by atoms with Crippen molar-refractivity contribution < 1.29 is 9.21 Å². The normalized spacial score (nSPS) is 10.1. The van der Waals surface area contributed by atoms with E-state index in [4.69, 9.17) is 15.6 Å². The van der Waals surface area contributed by atoms with Crippen LogP contribution in [0, 0.1) is 5.41 Å². The highest BCUT2D eigenvalue weighted by molar-refractivity contribution is 6.06. The number of furan rings is 1. The Morgan fingerprint density at radius 3 is 2.87 bits per heavy atom. The monoisotopic (exact) mass is 203 g/mol. The van der Waals surface area contributed by atoms with Gasteiger partial charge in [-0.1, -0.05) is 12.1 Å². The maximum Gasteiger partial charge on any atom is 0.191 e. The van der Waals surface area contributed by atoms with Gasteiger partial charge in [-0.15, -0.1) is 0 Å². The van der Waals surface area contributed by atoms with E-state index in [1.165, 1.54) is 0 Å². The number of fused-ring (bicyclic) bond motifs is 1. The van der Waals surface area contributed by atoms with Crippen molar-refractivity contribution in [2.75, 3.05) is 5.32 Å². The number of anilines is 1. The SMILES string of the molecule is N=C(N)Nc1c(C=O)oc2ccccc12. The van der Waals surface area contributed by atoms with Gasteiger partial charge in [0.1, 0.15) is 5.58 Å². The van der Waals surface area contributed by atoms with Crippen molar-refractivity contribution in [2.45, 2.75) is 0 Å². The molecule has 0 spiro atoms. The van der Waals surface area contributed by atoms with Gasteiger partial charge in [-0.25, -0.2) is 0 Å². The number of rotatable bonds is 2. The first-order chi connectivity index (χ1) is 7.22. The van der Waals surface area contributed by atoms with Crippen molar-refractivity contribution in [3.8, 4) is 0 Å². The predicted octanol–water partition coefficient (Wildman–Crippen LogP) is 1.55. The number of hydrogen-bond donors (Lipinski definition) is 3. The van der Waals surface area contributed by atoms with Gasteiger partial charge >= 0.3 is 0 Å². The van der Waals surface area contributed by atoms with Crippen molar-refractivity contribution in [1.29, 1.82) is 5.41 Å². The third-order valence-corrected chi connectivity index (χ3v) is 1.99. The molecule has 0 saturated carbocycles. The van der Waals surface area contributed by atoms with E-state index in [1.807, 2.05) is 6.07 Å². The molecule has 0 saturated heterocycles. The first-order valence-electron chi connectivity index (χ1n) is 4.30. The molecule has 5 nitrogen and oxygen atoms in total. The number of hydrogen-bond acceptors (Lipinski definition) is 3. The topological polar surface area (TPSA) is 92.1 Å². The lowest BCUT2D eigenvalue weighted by Gasteiger charge is -2.00. The average molecular weight is 203 g/mol. The minimum absolute atomic E-state index is 0.145. The van der Waals surface area contributed by atoms with E-state index >= 15 is 0 Å². The van der Waals surface area contributed by atoms with Crippen molar-refractivity contribution >= 4 is 28.9 Å². The molecule has 1 heterocycles. The van der Waals surface area contributed by atoms with E-state index in [2.05, 4.69) is 5.32 Å². The molecule has 2 rings (SSSR count). The van der Waals surface area contributed by atoms with Crippen LogP contribution >= 0.6 is 0 Å². The van der Waals surface area contributed by atoms with E-state index in [0.717, 1.165) is 5.39 Å². The molecule has 0 aliphatic carbocycles. The summed E-state index contributed by atoms with van der Waals surface area (Å²) >= 11 is 0. The van der Waals surface area contributed by atoms with E-state index in [1.54, 1.807) is 18.2 Å². The Labute approximate surface area is 85.4 Å². The van der Waals surface area contributed by atoms with Gasteiger partial charge in [0.2, 0.25) is 0 Å². The second kappa shape index (κ2) is 3.45. The van der Waals surface area contributed by atoms with Crippen LogP contribution in [0.15, 0.2) is 28.7 Å². The molecule has 1 aromatic heterocycles. The lowest BCUT2D eigenvalue weighted by molar-refractivity contribution is 0.110. The molecular weight excluding hydrogens is 194 g/mol. The van der Waals surface area contributed by atoms with Crippen LogP contribution in [0.25, 0.3) is 11.0 Å². The Balaban J connectivity index is 2.66. The lowest BCUT2D eigenvalue weighted by Crippen LogP contribution is -2.20. The average Bonchev–Trinajstić information content (AvgIpc) is 2.56. The summed E-state index contributed by atoms with van der Waals surface area (Å²) in [5.41, 5.74) is 6.24. The smallest absolute Gasteiger partial charge is 0.191 e. The fourth-order valence-corrected chi connectivity index (χ4v) is 1.41. The highest BCUT2D eigenvalue weighted by atomic mass is 16.3. The molecule has 0 radical (unpaired) electrons. The van der Waals surface area contributed by atoms with Gasteiger partial charge in [-0.2, -0.15) is 0 Å². The van der Waals surface area contributed by atoms with Crippen LogP contribution < -0.4 is 11.1 Å². The van der Waals surface area contributed by atoms with Gasteiger partial charge < -0.3 is 15.5 Å². The molecule has 1 aromatic carbocycles. The first-order valence-corrected chi connectivity index (χ1v) is 4.30. The van der Waals surface area contributed by atoms with Crippen LogP contribution in [-0.4, -0.2) is 12.2 Å². The predicted molar refractivity (Wildman–Crippen MR) is 57.1 cm³/mol. The van der Waals surface area contributed by atoms with E-state index in [-0.39, 0.29) is 11.7 Å². The van der Waals surface area contributed by atoms with E-state index in [9.17, 15) is 4.79 Å². The summed E-state index contributed by atoms with van der Waals surface area (Å²) in [5.74, 6) is -0.0870. The molecule has 76 valence electrons. The summed E-state index contributed by atoms with van der Waals surface area (Å²) in [4.78, 5) is 10.7. The number of carbonyl (C=O) groups excluding carboxylic acids is 1. The number of benzene rings is 1. The number of aldehydes is 1. The molecule has 0 fully saturated rings. The summed E-state index contributed by atoms with van der Waals surface area (Å²) in [6, 6.07) is 7.15. The van der Waals surface area contributed by atoms with Gasteiger partial charge in [0, 0.05) is 5.39 Å².